The van der Waals surface area contributed by atoms with Crippen molar-refractivity contribution in [3.8, 4) is 5.75 Å². The van der Waals surface area contributed by atoms with Gasteiger partial charge in [-0.2, -0.15) is 5.10 Å². The molecule has 0 atom stereocenters. The van der Waals surface area contributed by atoms with Gasteiger partial charge < -0.3 is 4.74 Å². The molecule has 0 spiro atoms. The summed E-state index contributed by atoms with van der Waals surface area (Å²) in [5.74, 6) is 1.24. The van der Waals surface area contributed by atoms with Gasteiger partial charge in [-0.3, -0.25) is 4.68 Å². The van der Waals surface area contributed by atoms with Crippen molar-refractivity contribution in [2.24, 2.45) is 0 Å². The molecular formula is C14H16BrClN2O. The summed E-state index contributed by atoms with van der Waals surface area (Å²) in [6.45, 7) is 5.38. The third-order valence-electron chi connectivity index (χ3n) is 2.84. The molecule has 5 heteroatoms. The molecule has 0 aliphatic heterocycles. The molecule has 0 saturated carbocycles. The number of hydrogen-bond acceptors (Lipinski definition) is 2. The molecule has 0 bridgehead atoms. The number of ether oxygens (including phenoxy) is 1. The van der Waals surface area contributed by atoms with E-state index < -0.39 is 0 Å². The number of rotatable bonds is 5. The summed E-state index contributed by atoms with van der Waals surface area (Å²) < 4.78 is 8.78. The van der Waals surface area contributed by atoms with E-state index in [4.69, 9.17) is 16.3 Å². The first kappa shape index (κ1) is 14.4. The SMILES string of the molecule is CCn1nc(C)cc1COc1c(Br)cccc1CCl. The van der Waals surface area contributed by atoms with Gasteiger partial charge in [0.2, 0.25) is 0 Å². The number of alkyl halides is 1. The fourth-order valence-electron chi connectivity index (χ4n) is 1.96. The second kappa shape index (κ2) is 6.44. The summed E-state index contributed by atoms with van der Waals surface area (Å²) in [5.41, 5.74) is 3.05. The topological polar surface area (TPSA) is 27.1 Å². The molecule has 1 aromatic carbocycles. The zero-order valence-electron chi connectivity index (χ0n) is 11.0. The number of hydrogen-bond donors (Lipinski definition) is 0. The molecule has 0 unspecified atom stereocenters. The first-order chi connectivity index (χ1) is 9.15. The number of nitrogens with zero attached hydrogens (tertiary/aromatic N) is 2. The Bertz CT molecular complexity index is 569. The highest BCUT2D eigenvalue weighted by atomic mass is 79.9. The molecule has 0 aliphatic rings. The smallest absolute Gasteiger partial charge is 0.138 e. The number of halogens is 2. The average Bonchev–Trinajstić information content (AvgIpc) is 2.77. The van der Waals surface area contributed by atoms with E-state index >= 15 is 0 Å². The fraction of sp³-hybridized carbons (Fsp3) is 0.357. The monoisotopic (exact) mass is 342 g/mol. The summed E-state index contributed by atoms with van der Waals surface area (Å²) in [4.78, 5) is 0. The van der Waals surface area contributed by atoms with Gasteiger partial charge >= 0.3 is 0 Å². The predicted molar refractivity (Wildman–Crippen MR) is 80.7 cm³/mol. The molecule has 1 aromatic heterocycles. The van der Waals surface area contributed by atoms with E-state index in [1.54, 1.807) is 0 Å². The highest BCUT2D eigenvalue weighted by Crippen LogP contribution is 2.30. The van der Waals surface area contributed by atoms with Gasteiger partial charge in [0.1, 0.15) is 12.4 Å². The van der Waals surface area contributed by atoms with Crippen LogP contribution in [0.2, 0.25) is 0 Å². The van der Waals surface area contributed by atoms with E-state index in [-0.39, 0.29) is 0 Å². The van der Waals surface area contributed by atoms with Crippen molar-refractivity contribution in [3.05, 3.63) is 45.7 Å². The number of aromatic nitrogens is 2. The van der Waals surface area contributed by atoms with Crippen LogP contribution in [0.3, 0.4) is 0 Å². The van der Waals surface area contributed by atoms with Crippen molar-refractivity contribution in [1.29, 1.82) is 0 Å². The Balaban J connectivity index is 2.18. The van der Waals surface area contributed by atoms with Gasteiger partial charge in [-0.1, -0.05) is 12.1 Å². The minimum atomic E-state index is 0.431. The molecule has 0 amide bonds. The van der Waals surface area contributed by atoms with Gasteiger partial charge in [-0.05, 0) is 41.9 Å². The van der Waals surface area contributed by atoms with Gasteiger partial charge in [-0.25, -0.2) is 0 Å². The van der Waals surface area contributed by atoms with Crippen molar-refractivity contribution < 1.29 is 4.74 Å². The first-order valence-corrected chi connectivity index (χ1v) is 7.48. The van der Waals surface area contributed by atoms with E-state index in [1.165, 1.54) is 0 Å². The Hall–Kier alpha value is -1.00. The minimum Gasteiger partial charge on any atom is -0.486 e. The highest BCUT2D eigenvalue weighted by Gasteiger charge is 2.10. The molecule has 102 valence electrons. The highest BCUT2D eigenvalue weighted by molar-refractivity contribution is 9.10. The second-order valence-electron chi connectivity index (χ2n) is 4.24. The molecule has 0 fully saturated rings. The third-order valence-corrected chi connectivity index (χ3v) is 3.75. The van der Waals surface area contributed by atoms with Crippen LogP contribution in [0, 0.1) is 6.92 Å². The average molecular weight is 344 g/mol. The minimum absolute atomic E-state index is 0.431. The molecule has 2 aromatic rings. The van der Waals surface area contributed by atoms with Gasteiger partial charge in [0.05, 0.1) is 21.7 Å². The van der Waals surface area contributed by atoms with Gasteiger partial charge in [0.25, 0.3) is 0 Å². The van der Waals surface area contributed by atoms with Crippen LogP contribution in [0.1, 0.15) is 23.9 Å². The summed E-state index contributed by atoms with van der Waals surface area (Å²) in [6.07, 6.45) is 0. The Labute approximate surface area is 126 Å². The van der Waals surface area contributed by atoms with Crippen LogP contribution in [-0.4, -0.2) is 9.78 Å². The van der Waals surface area contributed by atoms with Crippen LogP contribution in [0.25, 0.3) is 0 Å². The first-order valence-electron chi connectivity index (χ1n) is 6.15. The van der Waals surface area contributed by atoms with Crippen molar-refractivity contribution in [2.75, 3.05) is 0 Å². The van der Waals surface area contributed by atoms with Crippen LogP contribution >= 0.6 is 27.5 Å². The Morgan fingerprint density at radius 3 is 2.89 bits per heavy atom. The van der Waals surface area contributed by atoms with E-state index in [2.05, 4.69) is 28.0 Å². The van der Waals surface area contributed by atoms with Crippen LogP contribution in [-0.2, 0) is 19.0 Å². The van der Waals surface area contributed by atoms with Gasteiger partial charge in [-0.15, -0.1) is 11.6 Å². The van der Waals surface area contributed by atoms with E-state index in [1.807, 2.05) is 35.9 Å². The largest absolute Gasteiger partial charge is 0.486 e. The Morgan fingerprint density at radius 1 is 1.42 bits per heavy atom. The number of aryl methyl sites for hydroxylation is 2. The lowest BCUT2D eigenvalue weighted by atomic mass is 10.2. The van der Waals surface area contributed by atoms with E-state index in [9.17, 15) is 0 Å². The standard InChI is InChI=1S/C14H16BrClN2O/c1-3-18-12(7-10(2)17-18)9-19-14-11(8-16)5-4-6-13(14)15/h4-7H,3,8-9H2,1-2H3. The summed E-state index contributed by atoms with van der Waals surface area (Å²) in [5, 5.41) is 4.41. The zero-order valence-corrected chi connectivity index (χ0v) is 13.3. The van der Waals surface area contributed by atoms with Gasteiger partial charge in [0, 0.05) is 12.1 Å². The quantitative estimate of drug-likeness (QED) is 0.757. The van der Waals surface area contributed by atoms with E-state index in [0.717, 1.165) is 33.7 Å². The molecule has 0 aliphatic carbocycles. The van der Waals surface area contributed by atoms with Crippen LogP contribution in [0.15, 0.2) is 28.7 Å². The molecule has 1 heterocycles. The van der Waals surface area contributed by atoms with Crippen LogP contribution < -0.4 is 4.74 Å². The van der Waals surface area contributed by atoms with Crippen LogP contribution in [0.4, 0.5) is 0 Å². The maximum atomic E-state index is 5.93. The molecule has 19 heavy (non-hydrogen) atoms. The summed E-state index contributed by atoms with van der Waals surface area (Å²) >= 11 is 9.43. The molecule has 3 nitrogen and oxygen atoms in total. The molecular weight excluding hydrogens is 328 g/mol. The molecule has 2 rings (SSSR count). The van der Waals surface area contributed by atoms with Gasteiger partial charge in [0.15, 0.2) is 0 Å². The van der Waals surface area contributed by atoms with Crippen LogP contribution in [0.5, 0.6) is 5.75 Å². The molecule has 0 saturated heterocycles. The zero-order chi connectivity index (χ0) is 13.8. The third kappa shape index (κ3) is 3.31. The van der Waals surface area contributed by atoms with Crippen molar-refractivity contribution >= 4 is 27.5 Å². The van der Waals surface area contributed by atoms with Crippen molar-refractivity contribution in [1.82, 2.24) is 9.78 Å². The van der Waals surface area contributed by atoms with Crippen molar-refractivity contribution in [3.63, 3.8) is 0 Å². The Morgan fingerprint density at radius 2 is 2.21 bits per heavy atom. The molecule has 0 N–H and O–H groups in total. The maximum Gasteiger partial charge on any atom is 0.138 e. The number of benzene rings is 1. The predicted octanol–water partition coefficient (Wildman–Crippen LogP) is 4.29. The lowest BCUT2D eigenvalue weighted by Gasteiger charge is -2.12. The van der Waals surface area contributed by atoms with E-state index in [0.29, 0.717) is 12.5 Å². The lowest BCUT2D eigenvalue weighted by molar-refractivity contribution is 0.288. The fourth-order valence-corrected chi connectivity index (χ4v) is 2.69. The van der Waals surface area contributed by atoms with Crippen molar-refractivity contribution in [2.45, 2.75) is 32.9 Å². The number of para-hydroxylation sites is 1. The normalized spacial score (nSPS) is 10.7. The summed E-state index contributed by atoms with van der Waals surface area (Å²) in [7, 11) is 0. The second-order valence-corrected chi connectivity index (χ2v) is 5.36. The molecule has 0 radical (unpaired) electrons. The summed E-state index contributed by atoms with van der Waals surface area (Å²) in [6, 6.07) is 7.92. The Kier molecular flexibility index (Phi) is 4.88. The lowest BCUT2D eigenvalue weighted by Crippen LogP contribution is -2.07. The maximum absolute atomic E-state index is 5.93.